The van der Waals surface area contributed by atoms with Crippen LogP contribution in [0.15, 0.2) is 43.0 Å². The molecule has 0 aliphatic rings. The molecule has 0 saturated heterocycles. The molecular weight excluding hydrogens is 168 g/mol. The Labute approximate surface area is 87.0 Å². The Morgan fingerprint density at radius 2 is 1.86 bits per heavy atom. The molecule has 0 radical (unpaired) electrons. The summed E-state index contributed by atoms with van der Waals surface area (Å²) in [5.41, 5.74) is 2.65. The molecule has 0 spiro atoms. The summed E-state index contributed by atoms with van der Waals surface area (Å²) in [5, 5.41) is 0. The molecule has 0 N–H and O–H groups in total. The predicted molar refractivity (Wildman–Crippen MR) is 64.4 cm³/mol. The van der Waals surface area contributed by atoms with Gasteiger partial charge in [0, 0.05) is 0 Å². The van der Waals surface area contributed by atoms with Crippen LogP contribution in [-0.2, 0) is 0 Å². The zero-order valence-corrected chi connectivity index (χ0v) is 9.03. The number of hydrogen-bond acceptors (Lipinski definition) is 0. The molecule has 0 aliphatic heterocycles. The van der Waals surface area contributed by atoms with E-state index in [1.54, 1.807) is 0 Å². The summed E-state index contributed by atoms with van der Waals surface area (Å²) in [4.78, 5) is 0. The lowest BCUT2D eigenvalue weighted by Crippen LogP contribution is -1.85. The average Bonchev–Trinajstić information content (AvgIpc) is 2.19. The van der Waals surface area contributed by atoms with E-state index in [0.717, 1.165) is 6.42 Å². The highest BCUT2D eigenvalue weighted by molar-refractivity contribution is 5.50. The molecule has 0 heteroatoms. The number of benzene rings is 1. The first-order valence-corrected chi connectivity index (χ1v) is 5.11. The quantitative estimate of drug-likeness (QED) is 0.611. The lowest BCUT2D eigenvalue weighted by atomic mass is 10.0. The minimum absolute atomic E-state index is 0.612. The van der Waals surface area contributed by atoms with Crippen molar-refractivity contribution in [3.63, 3.8) is 0 Å². The van der Waals surface area contributed by atoms with Gasteiger partial charge in [-0.15, -0.1) is 6.58 Å². The van der Waals surface area contributed by atoms with Crippen molar-refractivity contribution >= 4 is 6.08 Å². The minimum atomic E-state index is 0.612. The van der Waals surface area contributed by atoms with Crippen molar-refractivity contribution in [1.82, 2.24) is 0 Å². The highest BCUT2D eigenvalue weighted by Crippen LogP contribution is 2.15. The Balaban J connectivity index is 2.68. The lowest BCUT2D eigenvalue weighted by Gasteiger charge is -2.04. The van der Waals surface area contributed by atoms with Gasteiger partial charge < -0.3 is 0 Å². The summed E-state index contributed by atoms with van der Waals surface area (Å²) in [5.74, 6) is 0.612. The molecule has 0 aliphatic carbocycles. The van der Waals surface area contributed by atoms with Crippen molar-refractivity contribution in [2.75, 3.05) is 0 Å². The van der Waals surface area contributed by atoms with Gasteiger partial charge in [-0.25, -0.2) is 0 Å². The highest BCUT2D eigenvalue weighted by Gasteiger charge is 1.96. The van der Waals surface area contributed by atoms with Crippen LogP contribution in [0.3, 0.4) is 0 Å². The van der Waals surface area contributed by atoms with Crippen molar-refractivity contribution in [1.29, 1.82) is 0 Å². The minimum Gasteiger partial charge on any atom is -0.103 e. The van der Waals surface area contributed by atoms with E-state index in [9.17, 15) is 0 Å². The molecule has 0 nitrogen and oxygen atoms in total. The van der Waals surface area contributed by atoms with Gasteiger partial charge in [-0.2, -0.15) is 0 Å². The van der Waals surface area contributed by atoms with Crippen molar-refractivity contribution in [2.45, 2.75) is 26.2 Å². The normalized spacial score (nSPS) is 11.1. The number of allylic oxidation sites excluding steroid dienone is 2. The second-order valence-electron chi connectivity index (χ2n) is 3.75. The van der Waals surface area contributed by atoms with Gasteiger partial charge in [0.25, 0.3) is 0 Å². The topological polar surface area (TPSA) is 0 Å². The van der Waals surface area contributed by atoms with Gasteiger partial charge in [0.2, 0.25) is 0 Å². The maximum atomic E-state index is 3.68. The Kier molecular flexibility index (Phi) is 4.18. The molecule has 0 aromatic heterocycles. The predicted octanol–water partition coefficient (Wildman–Crippen LogP) is 4.40. The second-order valence-corrected chi connectivity index (χ2v) is 3.75. The van der Waals surface area contributed by atoms with Crippen molar-refractivity contribution in [2.24, 2.45) is 0 Å². The number of rotatable bonds is 4. The first-order valence-electron chi connectivity index (χ1n) is 5.11. The summed E-state index contributed by atoms with van der Waals surface area (Å²) in [7, 11) is 0. The van der Waals surface area contributed by atoms with Gasteiger partial charge in [-0.1, -0.05) is 56.3 Å². The Hall–Kier alpha value is -1.30. The Morgan fingerprint density at radius 3 is 2.36 bits per heavy atom. The molecule has 74 valence electrons. The van der Waals surface area contributed by atoms with Gasteiger partial charge >= 0.3 is 0 Å². The largest absolute Gasteiger partial charge is 0.103 e. The van der Waals surface area contributed by atoms with Crippen LogP contribution in [-0.4, -0.2) is 0 Å². The fourth-order valence-electron chi connectivity index (χ4n) is 1.29. The summed E-state index contributed by atoms with van der Waals surface area (Å²) < 4.78 is 0. The van der Waals surface area contributed by atoms with Gasteiger partial charge in [-0.05, 0) is 23.5 Å². The van der Waals surface area contributed by atoms with E-state index in [-0.39, 0.29) is 0 Å². The standard InChI is InChI=1S/C14H18/c1-4-5-6-7-13-8-10-14(11-9-13)12(2)3/h4,6-12H,1,5H2,2-3H3/b7-6+. The van der Waals surface area contributed by atoms with Gasteiger partial charge in [-0.3, -0.25) is 0 Å². The first kappa shape index (κ1) is 10.8. The zero-order chi connectivity index (χ0) is 10.4. The summed E-state index contributed by atoms with van der Waals surface area (Å²) in [6.07, 6.45) is 7.09. The fraction of sp³-hybridized carbons (Fsp3) is 0.286. The van der Waals surface area contributed by atoms with Crippen LogP contribution in [0.1, 0.15) is 37.3 Å². The number of hydrogen-bond donors (Lipinski definition) is 0. The van der Waals surface area contributed by atoms with Crippen LogP contribution in [0.2, 0.25) is 0 Å². The van der Waals surface area contributed by atoms with E-state index in [4.69, 9.17) is 0 Å². The monoisotopic (exact) mass is 186 g/mol. The third-order valence-electron chi connectivity index (χ3n) is 2.22. The molecule has 1 rings (SSSR count). The molecule has 0 amide bonds. The maximum absolute atomic E-state index is 3.68. The second kappa shape index (κ2) is 5.43. The van der Waals surface area contributed by atoms with E-state index in [0.29, 0.717) is 5.92 Å². The highest BCUT2D eigenvalue weighted by atomic mass is 14.0. The molecule has 0 heterocycles. The van der Waals surface area contributed by atoms with Crippen molar-refractivity contribution in [3.05, 3.63) is 54.1 Å². The molecule has 1 aromatic carbocycles. The van der Waals surface area contributed by atoms with E-state index in [1.165, 1.54) is 11.1 Å². The van der Waals surface area contributed by atoms with Crippen LogP contribution in [0.25, 0.3) is 6.08 Å². The van der Waals surface area contributed by atoms with Crippen molar-refractivity contribution in [3.8, 4) is 0 Å². The first-order chi connectivity index (χ1) is 6.74. The van der Waals surface area contributed by atoms with Crippen LogP contribution in [0.4, 0.5) is 0 Å². The third-order valence-corrected chi connectivity index (χ3v) is 2.22. The van der Waals surface area contributed by atoms with E-state index in [1.807, 2.05) is 6.08 Å². The van der Waals surface area contributed by atoms with Crippen LogP contribution in [0.5, 0.6) is 0 Å². The SMILES string of the molecule is C=CC/C=C/c1ccc(C(C)C)cc1. The molecule has 14 heavy (non-hydrogen) atoms. The molecule has 1 aromatic rings. The van der Waals surface area contributed by atoms with E-state index < -0.39 is 0 Å². The van der Waals surface area contributed by atoms with E-state index in [2.05, 4.69) is 56.8 Å². The van der Waals surface area contributed by atoms with Gasteiger partial charge in [0.15, 0.2) is 0 Å². The fourth-order valence-corrected chi connectivity index (χ4v) is 1.29. The molecule has 0 atom stereocenters. The zero-order valence-electron chi connectivity index (χ0n) is 9.03. The maximum Gasteiger partial charge on any atom is -0.0169 e. The Morgan fingerprint density at radius 1 is 1.21 bits per heavy atom. The smallest absolute Gasteiger partial charge is 0.0169 e. The summed E-state index contributed by atoms with van der Waals surface area (Å²) in [6, 6.07) is 8.71. The third kappa shape index (κ3) is 3.21. The Bertz CT molecular complexity index is 301. The van der Waals surface area contributed by atoms with E-state index >= 15 is 0 Å². The summed E-state index contributed by atoms with van der Waals surface area (Å²) in [6.45, 7) is 8.10. The van der Waals surface area contributed by atoms with Crippen LogP contribution < -0.4 is 0 Å². The molecule has 0 saturated carbocycles. The molecule has 0 fully saturated rings. The van der Waals surface area contributed by atoms with Gasteiger partial charge in [0.1, 0.15) is 0 Å². The average molecular weight is 186 g/mol. The molecule has 0 unspecified atom stereocenters. The van der Waals surface area contributed by atoms with Crippen LogP contribution in [0, 0.1) is 0 Å². The van der Waals surface area contributed by atoms with Crippen LogP contribution >= 0.6 is 0 Å². The lowest BCUT2D eigenvalue weighted by molar-refractivity contribution is 0.866. The molecular formula is C14H18. The van der Waals surface area contributed by atoms with Crippen molar-refractivity contribution < 1.29 is 0 Å². The summed E-state index contributed by atoms with van der Waals surface area (Å²) >= 11 is 0. The van der Waals surface area contributed by atoms with Gasteiger partial charge in [0.05, 0.1) is 0 Å². The molecule has 0 bridgehead atoms.